The van der Waals surface area contributed by atoms with Gasteiger partial charge in [-0.3, -0.25) is 10.1 Å². The van der Waals surface area contributed by atoms with E-state index in [0.29, 0.717) is 5.52 Å². The number of nitro groups is 1. The Morgan fingerprint density at radius 2 is 2.14 bits per heavy atom. The standard InChI is InChI=1S/C10H5N9O2/c11-16-15-9-10(13-5-4-12-9)18-6-2-1-3-7(19(20)21)8(6)14-17-18/h1-5H. The minimum Gasteiger partial charge on any atom is -0.258 e. The summed E-state index contributed by atoms with van der Waals surface area (Å²) in [6.07, 6.45) is 2.74. The average Bonchev–Trinajstić information content (AvgIpc) is 2.91. The van der Waals surface area contributed by atoms with E-state index in [2.05, 4.69) is 30.3 Å². The molecule has 0 amide bonds. The van der Waals surface area contributed by atoms with Crippen molar-refractivity contribution in [3.8, 4) is 5.82 Å². The van der Waals surface area contributed by atoms with E-state index in [1.54, 1.807) is 6.07 Å². The van der Waals surface area contributed by atoms with Gasteiger partial charge in [-0.1, -0.05) is 11.3 Å². The van der Waals surface area contributed by atoms with Crippen LogP contribution in [0, 0.1) is 10.1 Å². The summed E-state index contributed by atoms with van der Waals surface area (Å²) in [6.45, 7) is 0. The summed E-state index contributed by atoms with van der Waals surface area (Å²) in [5, 5.41) is 22.0. The van der Waals surface area contributed by atoms with Crippen molar-refractivity contribution in [2.45, 2.75) is 0 Å². The molecule has 102 valence electrons. The fourth-order valence-electron chi connectivity index (χ4n) is 1.82. The van der Waals surface area contributed by atoms with Gasteiger partial charge in [-0.05, 0) is 16.7 Å². The second-order valence-electron chi connectivity index (χ2n) is 3.80. The Hall–Kier alpha value is -3.59. The molecular weight excluding hydrogens is 278 g/mol. The lowest BCUT2D eigenvalue weighted by Crippen LogP contribution is -2.01. The van der Waals surface area contributed by atoms with Crippen LogP contribution >= 0.6 is 0 Å². The largest absolute Gasteiger partial charge is 0.299 e. The Balaban J connectivity index is 2.30. The Morgan fingerprint density at radius 1 is 1.33 bits per heavy atom. The molecule has 11 heteroatoms. The molecule has 3 rings (SSSR count). The third-order valence-corrected chi connectivity index (χ3v) is 2.65. The van der Waals surface area contributed by atoms with Crippen LogP contribution in [0.15, 0.2) is 35.7 Å². The zero-order chi connectivity index (χ0) is 14.8. The normalized spacial score (nSPS) is 10.3. The van der Waals surface area contributed by atoms with E-state index in [-0.39, 0.29) is 22.8 Å². The molecule has 0 radical (unpaired) electrons. The highest BCUT2D eigenvalue weighted by atomic mass is 16.6. The van der Waals surface area contributed by atoms with Gasteiger partial charge in [0.15, 0.2) is 17.2 Å². The Labute approximate surface area is 115 Å². The van der Waals surface area contributed by atoms with Gasteiger partial charge in [0, 0.05) is 23.4 Å². The van der Waals surface area contributed by atoms with Crippen molar-refractivity contribution in [3.05, 3.63) is 51.1 Å². The summed E-state index contributed by atoms with van der Waals surface area (Å²) in [5.41, 5.74) is 8.83. The number of hydrogen-bond donors (Lipinski definition) is 0. The van der Waals surface area contributed by atoms with Crippen molar-refractivity contribution >= 4 is 22.5 Å². The lowest BCUT2D eigenvalue weighted by Gasteiger charge is -2.02. The van der Waals surface area contributed by atoms with Crippen LogP contribution < -0.4 is 0 Å². The molecule has 0 aliphatic rings. The number of non-ortho nitro benzene ring substituents is 1. The Morgan fingerprint density at radius 3 is 2.90 bits per heavy atom. The van der Waals surface area contributed by atoms with Gasteiger partial charge in [0.1, 0.15) is 5.52 Å². The second-order valence-corrected chi connectivity index (χ2v) is 3.80. The van der Waals surface area contributed by atoms with Crippen LogP contribution in [0.2, 0.25) is 0 Å². The maximum absolute atomic E-state index is 11.0. The van der Waals surface area contributed by atoms with Crippen molar-refractivity contribution in [3.63, 3.8) is 0 Å². The molecule has 2 heterocycles. The van der Waals surface area contributed by atoms with Crippen molar-refractivity contribution < 1.29 is 4.92 Å². The molecular formula is C10H5N9O2. The molecule has 0 aliphatic carbocycles. The van der Waals surface area contributed by atoms with Crippen molar-refractivity contribution in [2.24, 2.45) is 5.11 Å². The van der Waals surface area contributed by atoms with Crippen LogP contribution in [0.25, 0.3) is 27.3 Å². The molecule has 0 spiro atoms. The summed E-state index contributed by atoms with van der Waals surface area (Å²) in [7, 11) is 0. The average molecular weight is 283 g/mol. The fraction of sp³-hybridized carbons (Fsp3) is 0. The van der Waals surface area contributed by atoms with Crippen molar-refractivity contribution in [1.29, 1.82) is 0 Å². The van der Waals surface area contributed by atoms with Crippen LogP contribution in [0.1, 0.15) is 0 Å². The number of benzene rings is 1. The van der Waals surface area contributed by atoms with E-state index < -0.39 is 4.92 Å². The quantitative estimate of drug-likeness (QED) is 0.236. The second kappa shape index (κ2) is 4.83. The SMILES string of the molecule is [N-]=[N+]=Nc1nccnc1-n1nnc2c([N+](=O)[O-])cccc21. The van der Waals surface area contributed by atoms with Crippen molar-refractivity contribution in [2.75, 3.05) is 0 Å². The monoisotopic (exact) mass is 283 g/mol. The predicted octanol–water partition coefficient (Wildman–Crippen LogP) is 2.06. The highest BCUT2D eigenvalue weighted by molar-refractivity contribution is 5.85. The number of aromatic nitrogens is 5. The van der Waals surface area contributed by atoms with Crippen LogP contribution in [0.3, 0.4) is 0 Å². The first-order valence-corrected chi connectivity index (χ1v) is 5.57. The zero-order valence-electron chi connectivity index (χ0n) is 10.2. The molecule has 0 saturated carbocycles. The summed E-state index contributed by atoms with van der Waals surface area (Å²) < 4.78 is 1.24. The molecule has 21 heavy (non-hydrogen) atoms. The maximum atomic E-state index is 11.0. The summed E-state index contributed by atoms with van der Waals surface area (Å²) in [4.78, 5) is 21.0. The zero-order valence-corrected chi connectivity index (χ0v) is 10.2. The molecule has 1 aromatic carbocycles. The number of rotatable bonds is 3. The number of azide groups is 1. The van der Waals surface area contributed by atoms with Crippen LogP contribution in [0.5, 0.6) is 0 Å². The van der Waals surface area contributed by atoms with E-state index in [4.69, 9.17) is 5.53 Å². The number of hydrogen-bond acceptors (Lipinski definition) is 7. The van der Waals surface area contributed by atoms with Gasteiger partial charge in [0.2, 0.25) is 0 Å². The lowest BCUT2D eigenvalue weighted by atomic mass is 10.2. The molecule has 0 fully saturated rings. The number of nitrogens with zero attached hydrogens (tertiary/aromatic N) is 9. The molecule has 0 saturated heterocycles. The molecule has 11 nitrogen and oxygen atoms in total. The first-order chi connectivity index (χ1) is 10.2. The van der Waals surface area contributed by atoms with Crippen LogP contribution in [-0.2, 0) is 0 Å². The molecule has 0 bridgehead atoms. The minimum atomic E-state index is -0.549. The first kappa shape index (κ1) is 12.4. The lowest BCUT2D eigenvalue weighted by molar-refractivity contribution is -0.383. The smallest absolute Gasteiger partial charge is 0.258 e. The van der Waals surface area contributed by atoms with Gasteiger partial charge in [0.05, 0.1) is 4.92 Å². The van der Waals surface area contributed by atoms with E-state index in [1.165, 1.54) is 29.2 Å². The fourth-order valence-corrected chi connectivity index (χ4v) is 1.82. The third kappa shape index (κ3) is 1.99. The summed E-state index contributed by atoms with van der Waals surface area (Å²) in [5.74, 6) is 0.136. The van der Waals surface area contributed by atoms with Gasteiger partial charge < -0.3 is 0 Å². The van der Waals surface area contributed by atoms with Gasteiger partial charge >= 0.3 is 0 Å². The van der Waals surface area contributed by atoms with E-state index in [0.717, 1.165) is 0 Å². The van der Waals surface area contributed by atoms with Gasteiger partial charge in [0.25, 0.3) is 5.69 Å². The first-order valence-electron chi connectivity index (χ1n) is 5.57. The minimum absolute atomic E-state index is 0.00157. The Bertz CT molecular complexity index is 896. The Kier molecular flexibility index (Phi) is 2.86. The molecule has 0 unspecified atom stereocenters. The summed E-state index contributed by atoms with van der Waals surface area (Å²) in [6, 6.07) is 4.42. The van der Waals surface area contributed by atoms with Gasteiger partial charge in [-0.25, -0.2) is 9.97 Å². The van der Waals surface area contributed by atoms with Gasteiger partial charge in [-0.15, -0.1) is 5.10 Å². The van der Waals surface area contributed by atoms with E-state index in [1.807, 2.05) is 0 Å². The van der Waals surface area contributed by atoms with E-state index >= 15 is 0 Å². The molecule has 0 atom stereocenters. The van der Waals surface area contributed by atoms with Gasteiger partial charge in [-0.2, -0.15) is 4.68 Å². The predicted molar refractivity (Wildman–Crippen MR) is 69.9 cm³/mol. The van der Waals surface area contributed by atoms with E-state index in [9.17, 15) is 10.1 Å². The van der Waals surface area contributed by atoms with Crippen LogP contribution in [-0.4, -0.2) is 29.9 Å². The molecule has 3 aromatic rings. The molecule has 0 N–H and O–H groups in total. The highest BCUT2D eigenvalue weighted by Gasteiger charge is 2.19. The van der Waals surface area contributed by atoms with Crippen molar-refractivity contribution in [1.82, 2.24) is 25.0 Å². The number of nitro benzene ring substituents is 1. The van der Waals surface area contributed by atoms with Crippen LogP contribution in [0.4, 0.5) is 11.5 Å². The summed E-state index contributed by atoms with van der Waals surface area (Å²) >= 11 is 0. The highest BCUT2D eigenvalue weighted by Crippen LogP contribution is 2.26. The topological polar surface area (TPSA) is 148 Å². The maximum Gasteiger partial charge on any atom is 0.299 e. The molecule has 0 aliphatic heterocycles. The third-order valence-electron chi connectivity index (χ3n) is 2.65. The molecule has 2 aromatic heterocycles. The number of fused-ring (bicyclic) bond motifs is 1.